The molecule has 100 valence electrons. The van der Waals surface area contributed by atoms with Gasteiger partial charge in [0.1, 0.15) is 10.7 Å². The first kappa shape index (κ1) is 14.0. The SMILES string of the molecule is Cc1ccc(OCCc2nc(C)c(C(N)=S)s2)cc1. The molecule has 0 saturated heterocycles. The number of rotatable bonds is 5. The maximum Gasteiger partial charge on any atom is 0.119 e. The summed E-state index contributed by atoms with van der Waals surface area (Å²) < 4.78 is 5.68. The van der Waals surface area contributed by atoms with E-state index >= 15 is 0 Å². The van der Waals surface area contributed by atoms with Crippen LogP contribution in [0.5, 0.6) is 5.75 Å². The Kier molecular flexibility index (Phi) is 4.50. The molecule has 0 unspecified atom stereocenters. The summed E-state index contributed by atoms with van der Waals surface area (Å²) in [4.78, 5) is 5.77. The van der Waals surface area contributed by atoms with Crippen LogP contribution in [0.1, 0.15) is 21.1 Å². The lowest BCUT2D eigenvalue weighted by Crippen LogP contribution is -2.08. The number of benzene rings is 1. The molecule has 3 nitrogen and oxygen atoms in total. The highest BCUT2D eigenvalue weighted by Gasteiger charge is 2.09. The van der Waals surface area contributed by atoms with Crippen LogP contribution in [0.4, 0.5) is 0 Å². The van der Waals surface area contributed by atoms with E-state index in [9.17, 15) is 0 Å². The molecular formula is C14H16N2OS2. The van der Waals surface area contributed by atoms with Crippen LogP contribution in [0.15, 0.2) is 24.3 Å². The highest BCUT2D eigenvalue weighted by Crippen LogP contribution is 2.19. The predicted octanol–water partition coefficient (Wildman–Crippen LogP) is 3.02. The predicted molar refractivity (Wildman–Crippen MR) is 83.1 cm³/mol. The van der Waals surface area contributed by atoms with Crippen LogP contribution in [-0.4, -0.2) is 16.6 Å². The average molecular weight is 292 g/mol. The van der Waals surface area contributed by atoms with E-state index in [1.165, 1.54) is 5.56 Å². The summed E-state index contributed by atoms with van der Waals surface area (Å²) >= 11 is 6.53. The number of hydrogen-bond donors (Lipinski definition) is 1. The van der Waals surface area contributed by atoms with Gasteiger partial charge in [0.15, 0.2) is 0 Å². The molecule has 0 aliphatic rings. The standard InChI is InChI=1S/C14H16N2OS2/c1-9-3-5-11(6-4-9)17-8-7-12-16-10(2)13(19-12)14(15)18/h3-6H,7-8H2,1-2H3,(H2,15,18). The van der Waals surface area contributed by atoms with Gasteiger partial charge in [-0.15, -0.1) is 11.3 Å². The monoisotopic (exact) mass is 292 g/mol. The lowest BCUT2D eigenvalue weighted by atomic mass is 10.2. The quantitative estimate of drug-likeness (QED) is 0.861. The third kappa shape index (κ3) is 3.75. The van der Waals surface area contributed by atoms with Crippen molar-refractivity contribution >= 4 is 28.5 Å². The van der Waals surface area contributed by atoms with Crippen molar-refractivity contribution in [1.29, 1.82) is 0 Å². The largest absolute Gasteiger partial charge is 0.493 e. The fraction of sp³-hybridized carbons (Fsp3) is 0.286. The van der Waals surface area contributed by atoms with Crippen LogP contribution in [-0.2, 0) is 6.42 Å². The molecule has 0 radical (unpaired) electrons. The summed E-state index contributed by atoms with van der Waals surface area (Å²) in [5.74, 6) is 0.883. The van der Waals surface area contributed by atoms with E-state index < -0.39 is 0 Å². The van der Waals surface area contributed by atoms with Crippen molar-refractivity contribution in [2.24, 2.45) is 5.73 Å². The number of aromatic nitrogens is 1. The zero-order valence-electron chi connectivity index (χ0n) is 11.0. The van der Waals surface area contributed by atoms with Crippen molar-refractivity contribution in [3.05, 3.63) is 45.4 Å². The molecule has 0 aliphatic carbocycles. The Labute approximate surface area is 122 Å². The maximum atomic E-state index is 5.68. The normalized spacial score (nSPS) is 10.4. The van der Waals surface area contributed by atoms with Gasteiger partial charge in [-0.2, -0.15) is 0 Å². The fourth-order valence-electron chi connectivity index (χ4n) is 1.68. The molecular weight excluding hydrogens is 276 g/mol. The number of ether oxygens (including phenoxy) is 1. The summed E-state index contributed by atoms with van der Waals surface area (Å²) in [6.45, 7) is 4.58. The lowest BCUT2D eigenvalue weighted by molar-refractivity contribution is 0.321. The van der Waals surface area contributed by atoms with Gasteiger partial charge in [0, 0.05) is 6.42 Å². The summed E-state index contributed by atoms with van der Waals surface area (Å²) in [6, 6.07) is 8.02. The third-order valence-corrected chi connectivity index (χ3v) is 4.25. The average Bonchev–Trinajstić information content (AvgIpc) is 2.73. The second kappa shape index (κ2) is 6.12. The van der Waals surface area contributed by atoms with E-state index in [1.807, 2.05) is 31.2 Å². The van der Waals surface area contributed by atoms with Gasteiger partial charge in [-0.05, 0) is 26.0 Å². The summed E-state index contributed by atoms with van der Waals surface area (Å²) in [7, 11) is 0. The van der Waals surface area contributed by atoms with Crippen LogP contribution in [0.3, 0.4) is 0 Å². The van der Waals surface area contributed by atoms with Crippen LogP contribution in [0.2, 0.25) is 0 Å². The number of thiocarbonyl (C=S) groups is 1. The highest BCUT2D eigenvalue weighted by molar-refractivity contribution is 7.81. The van der Waals surface area contributed by atoms with E-state index in [0.29, 0.717) is 11.6 Å². The molecule has 2 aromatic rings. The Morgan fingerprint density at radius 2 is 2.00 bits per heavy atom. The molecule has 0 aliphatic heterocycles. The second-order valence-corrected chi connectivity index (χ2v) is 5.82. The first-order chi connectivity index (χ1) is 9.06. The number of aryl methyl sites for hydroxylation is 2. The molecule has 19 heavy (non-hydrogen) atoms. The zero-order valence-corrected chi connectivity index (χ0v) is 12.6. The molecule has 0 saturated carbocycles. The van der Waals surface area contributed by atoms with Crippen LogP contribution in [0, 0.1) is 13.8 Å². The van der Waals surface area contributed by atoms with Crippen molar-refractivity contribution in [3.63, 3.8) is 0 Å². The summed E-state index contributed by atoms with van der Waals surface area (Å²) in [6.07, 6.45) is 0.766. The van der Waals surface area contributed by atoms with E-state index in [0.717, 1.165) is 27.7 Å². The first-order valence-corrected chi connectivity index (χ1v) is 7.24. The van der Waals surface area contributed by atoms with Gasteiger partial charge in [-0.25, -0.2) is 4.98 Å². The Bertz CT molecular complexity index is 576. The first-order valence-electron chi connectivity index (χ1n) is 6.02. The minimum atomic E-state index is 0.417. The van der Waals surface area contributed by atoms with Gasteiger partial charge in [0.2, 0.25) is 0 Å². The molecule has 1 heterocycles. The fourth-order valence-corrected chi connectivity index (χ4v) is 2.85. The van der Waals surface area contributed by atoms with Gasteiger partial charge in [0.25, 0.3) is 0 Å². The molecule has 0 atom stereocenters. The van der Waals surface area contributed by atoms with Crippen molar-refractivity contribution in [2.45, 2.75) is 20.3 Å². The van der Waals surface area contributed by atoms with Gasteiger partial charge in [-0.1, -0.05) is 29.9 Å². The van der Waals surface area contributed by atoms with Crippen molar-refractivity contribution in [2.75, 3.05) is 6.61 Å². The maximum absolute atomic E-state index is 5.68. The Morgan fingerprint density at radius 1 is 1.32 bits per heavy atom. The smallest absolute Gasteiger partial charge is 0.119 e. The Morgan fingerprint density at radius 3 is 2.58 bits per heavy atom. The third-order valence-electron chi connectivity index (χ3n) is 2.67. The van der Waals surface area contributed by atoms with Gasteiger partial charge < -0.3 is 10.5 Å². The molecule has 5 heteroatoms. The number of nitrogens with two attached hydrogens (primary N) is 1. The Hall–Kier alpha value is -1.46. The molecule has 0 fully saturated rings. The molecule has 1 aromatic heterocycles. The molecule has 0 bridgehead atoms. The van der Waals surface area contributed by atoms with Crippen molar-refractivity contribution in [1.82, 2.24) is 4.98 Å². The molecule has 0 amide bonds. The van der Waals surface area contributed by atoms with Crippen molar-refractivity contribution in [3.8, 4) is 5.75 Å². The lowest BCUT2D eigenvalue weighted by Gasteiger charge is -2.04. The number of thiazole rings is 1. The number of nitrogens with zero attached hydrogens (tertiary/aromatic N) is 1. The van der Waals surface area contributed by atoms with E-state index in [4.69, 9.17) is 22.7 Å². The van der Waals surface area contributed by atoms with Crippen LogP contribution in [0.25, 0.3) is 0 Å². The van der Waals surface area contributed by atoms with Gasteiger partial charge in [-0.3, -0.25) is 0 Å². The molecule has 2 rings (SSSR count). The van der Waals surface area contributed by atoms with Gasteiger partial charge >= 0.3 is 0 Å². The summed E-state index contributed by atoms with van der Waals surface area (Å²) in [5.41, 5.74) is 7.76. The van der Waals surface area contributed by atoms with E-state index in [1.54, 1.807) is 11.3 Å². The topological polar surface area (TPSA) is 48.1 Å². The Balaban J connectivity index is 1.90. The minimum absolute atomic E-state index is 0.417. The zero-order chi connectivity index (χ0) is 13.8. The molecule has 0 spiro atoms. The summed E-state index contributed by atoms with van der Waals surface area (Å²) in [5, 5.41) is 1.01. The van der Waals surface area contributed by atoms with E-state index in [2.05, 4.69) is 11.9 Å². The molecule has 2 N–H and O–H groups in total. The van der Waals surface area contributed by atoms with E-state index in [-0.39, 0.29) is 0 Å². The number of hydrogen-bond acceptors (Lipinski definition) is 4. The molecule has 1 aromatic carbocycles. The second-order valence-electron chi connectivity index (χ2n) is 4.30. The minimum Gasteiger partial charge on any atom is -0.493 e. The van der Waals surface area contributed by atoms with Gasteiger partial charge in [0.05, 0.1) is 22.2 Å². The van der Waals surface area contributed by atoms with Crippen LogP contribution < -0.4 is 10.5 Å². The highest BCUT2D eigenvalue weighted by atomic mass is 32.1. The van der Waals surface area contributed by atoms with Crippen molar-refractivity contribution < 1.29 is 4.74 Å². The van der Waals surface area contributed by atoms with Crippen LogP contribution >= 0.6 is 23.6 Å².